The molecule has 7 heteroatoms. The summed E-state index contributed by atoms with van der Waals surface area (Å²) in [6.07, 6.45) is 0.225. The topological polar surface area (TPSA) is 95.5 Å². The molecule has 2 amide bonds. The summed E-state index contributed by atoms with van der Waals surface area (Å²) in [5.41, 5.74) is -0.175. The van der Waals surface area contributed by atoms with Crippen molar-refractivity contribution in [3.05, 3.63) is 35.6 Å². The lowest BCUT2D eigenvalue weighted by atomic mass is 10.2. The maximum Gasteiger partial charge on any atom is 0.326 e. The second-order valence-corrected chi connectivity index (χ2v) is 4.03. The fraction of sp³-hybridized carbons (Fsp3) is 0.308. The van der Waals surface area contributed by atoms with E-state index in [0.717, 1.165) is 6.07 Å². The summed E-state index contributed by atoms with van der Waals surface area (Å²) in [7, 11) is 0. The summed E-state index contributed by atoms with van der Waals surface area (Å²) in [5, 5.41) is 13.2. The van der Waals surface area contributed by atoms with Crippen LogP contribution < -0.4 is 10.6 Å². The Hall–Kier alpha value is -2.44. The van der Waals surface area contributed by atoms with Crippen LogP contribution in [0.3, 0.4) is 0 Å². The fourth-order valence-corrected chi connectivity index (χ4v) is 1.48. The van der Waals surface area contributed by atoms with Gasteiger partial charge in [-0.25, -0.2) is 9.18 Å². The molecule has 1 rings (SSSR count). The van der Waals surface area contributed by atoms with Gasteiger partial charge in [0.2, 0.25) is 5.91 Å². The number of nitrogens with one attached hydrogen (secondary N) is 2. The Balaban J connectivity index is 2.51. The zero-order valence-electron chi connectivity index (χ0n) is 10.9. The number of carbonyl (C=O) groups excluding carboxylic acids is 2. The zero-order chi connectivity index (χ0) is 15.1. The lowest BCUT2D eigenvalue weighted by molar-refractivity contribution is -0.141. The largest absolute Gasteiger partial charge is 0.480 e. The zero-order valence-corrected chi connectivity index (χ0v) is 10.9. The summed E-state index contributed by atoms with van der Waals surface area (Å²) >= 11 is 0. The number of halogens is 1. The predicted octanol–water partition coefficient (Wildman–Crippen LogP) is 0.535. The number of hydrogen-bond acceptors (Lipinski definition) is 3. The Bertz CT molecular complexity index is 519. The lowest BCUT2D eigenvalue weighted by Gasteiger charge is -2.12. The smallest absolute Gasteiger partial charge is 0.326 e. The first-order valence-electron chi connectivity index (χ1n) is 6.00. The number of carboxylic acids is 1. The van der Waals surface area contributed by atoms with Gasteiger partial charge in [-0.3, -0.25) is 9.59 Å². The highest BCUT2D eigenvalue weighted by molar-refractivity contribution is 5.97. The summed E-state index contributed by atoms with van der Waals surface area (Å²) < 4.78 is 13.3. The van der Waals surface area contributed by atoms with Crippen LogP contribution >= 0.6 is 0 Å². The van der Waals surface area contributed by atoms with Crippen LogP contribution in [0.2, 0.25) is 0 Å². The molecule has 1 aromatic rings. The van der Waals surface area contributed by atoms with Crippen molar-refractivity contribution in [3.8, 4) is 0 Å². The molecule has 0 aliphatic heterocycles. The number of amides is 2. The van der Waals surface area contributed by atoms with Crippen molar-refractivity contribution in [1.82, 2.24) is 10.6 Å². The molecule has 0 saturated carbocycles. The number of carboxylic acid groups (broad SMARTS) is 1. The van der Waals surface area contributed by atoms with Gasteiger partial charge in [0.05, 0.1) is 12.1 Å². The molecule has 0 heterocycles. The van der Waals surface area contributed by atoms with E-state index in [2.05, 4.69) is 10.6 Å². The van der Waals surface area contributed by atoms with Crippen molar-refractivity contribution < 1.29 is 23.9 Å². The molecule has 3 N–H and O–H groups in total. The molecule has 108 valence electrons. The maximum atomic E-state index is 13.3. The molecule has 1 aromatic carbocycles. The van der Waals surface area contributed by atoms with Crippen LogP contribution in [-0.2, 0) is 9.59 Å². The van der Waals surface area contributed by atoms with E-state index < -0.39 is 36.2 Å². The molecule has 0 unspecified atom stereocenters. The monoisotopic (exact) mass is 282 g/mol. The Morgan fingerprint density at radius 2 is 1.95 bits per heavy atom. The van der Waals surface area contributed by atoms with Gasteiger partial charge >= 0.3 is 5.97 Å². The third kappa shape index (κ3) is 4.34. The number of carbonyl (C=O) groups is 3. The summed E-state index contributed by atoms with van der Waals surface area (Å²) in [4.78, 5) is 33.8. The van der Waals surface area contributed by atoms with E-state index in [0.29, 0.717) is 0 Å². The van der Waals surface area contributed by atoms with Crippen molar-refractivity contribution >= 4 is 17.8 Å². The average molecular weight is 282 g/mol. The third-order valence-electron chi connectivity index (χ3n) is 2.57. The van der Waals surface area contributed by atoms with Gasteiger partial charge in [0.1, 0.15) is 11.9 Å². The van der Waals surface area contributed by atoms with E-state index in [1.54, 1.807) is 6.92 Å². The Labute approximate surface area is 115 Å². The van der Waals surface area contributed by atoms with Crippen molar-refractivity contribution in [2.24, 2.45) is 0 Å². The van der Waals surface area contributed by atoms with Gasteiger partial charge in [-0.15, -0.1) is 0 Å². The first-order valence-corrected chi connectivity index (χ1v) is 6.00. The van der Waals surface area contributed by atoms with E-state index in [-0.39, 0.29) is 12.0 Å². The predicted molar refractivity (Wildman–Crippen MR) is 68.6 cm³/mol. The molecule has 20 heavy (non-hydrogen) atoms. The van der Waals surface area contributed by atoms with Crippen LogP contribution in [0.5, 0.6) is 0 Å². The molecule has 0 spiro atoms. The number of benzene rings is 1. The van der Waals surface area contributed by atoms with Crippen molar-refractivity contribution in [1.29, 1.82) is 0 Å². The molecule has 0 aromatic heterocycles. The van der Waals surface area contributed by atoms with Gasteiger partial charge in [0, 0.05) is 0 Å². The minimum absolute atomic E-state index is 0.175. The minimum Gasteiger partial charge on any atom is -0.480 e. The molecular formula is C13H15FN2O4. The quantitative estimate of drug-likeness (QED) is 0.709. The molecule has 0 saturated heterocycles. The first-order chi connectivity index (χ1) is 9.45. The molecule has 0 aliphatic rings. The van der Waals surface area contributed by atoms with Crippen molar-refractivity contribution in [2.45, 2.75) is 19.4 Å². The van der Waals surface area contributed by atoms with Crippen LogP contribution in [-0.4, -0.2) is 35.5 Å². The molecule has 0 aliphatic carbocycles. The van der Waals surface area contributed by atoms with Crippen molar-refractivity contribution in [2.75, 3.05) is 6.54 Å². The van der Waals surface area contributed by atoms with Crippen LogP contribution in [0.4, 0.5) is 4.39 Å². The minimum atomic E-state index is -1.15. The maximum absolute atomic E-state index is 13.3. The molecule has 0 fully saturated rings. The highest BCUT2D eigenvalue weighted by Gasteiger charge is 2.18. The molecule has 1 atom stereocenters. The third-order valence-corrected chi connectivity index (χ3v) is 2.57. The van der Waals surface area contributed by atoms with E-state index in [1.807, 2.05) is 0 Å². The highest BCUT2D eigenvalue weighted by atomic mass is 19.1. The normalized spacial score (nSPS) is 11.5. The number of hydrogen-bond donors (Lipinski definition) is 3. The number of aliphatic carboxylic acids is 1. The first kappa shape index (κ1) is 15.6. The van der Waals surface area contributed by atoms with Crippen molar-refractivity contribution in [3.63, 3.8) is 0 Å². The van der Waals surface area contributed by atoms with Gasteiger partial charge in [0.15, 0.2) is 0 Å². The summed E-state index contributed by atoms with van der Waals surface area (Å²) in [6, 6.07) is 4.35. The highest BCUT2D eigenvalue weighted by Crippen LogP contribution is 2.05. The van der Waals surface area contributed by atoms with E-state index >= 15 is 0 Å². The lowest BCUT2D eigenvalue weighted by Crippen LogP contribution is -2.45. The molecule has 0 bridgehead atoms. The standard InChI is InChI=1S/C13H15FN2O4/c1-2-10(13(19)20)16-11(17)7-15-12(18)8-5-3-4-6-9(8)14/h3-6,10H,2,7H2,1H3,(H,15,18)(H,16,17)(H,19,20)/t10-/m1/s1. The van der Waals surface area contributed by atoms with E-state index in [9.17, 15) is 18.8 Å². The fourth-order valence-electron chi connectivity index (χ4n) is 1.48. The van der Waals surface area contributed by atoms with E-state index in [1.165, 1.54) is 18.2 Å². The van der Waals surface area contributed by atoms with Crippen LogP contribution in [0.25, 0.3) is 0 Å². The van der Waals surface area contributed by atoms with Gasteiger partial charge in [-0.1, -0.05) is 19.1 Å². The summed E-state index contributed by atoms with van der Waals surface area (Å²) in [6.45, 7) is 1.19. The van der Waals surface area contributed by atoms with E-state index in [4.69, 9.17) is 5.11 Å². The Kier molecular flexibility index (Phi) is 5.64. The van der Waals surface area contributed by atoms with Gasteiger partial charge in [0.25, 0.3) is 5.91 Å². The Morgan fingerprint density at radius 1 is 1.30 bits per heavy atom. The molecule has 0 radical (unpaired) electrons. The van der Waals surface area contributed by atoms with Crippen LogP contribution in [0.1, 0.15) is 23.7 Å². The number of rotatable bonds is 6. The van der Waals surface area contributed by atoms with Gasteiger partial charge in [-0.2, -0.15) is 0 Å². The second kappa shape index (κ2) is 7.22. The average Bonchev–Trinajstić information content (AvgIpc) is 2.42. The van der Waals surface area contributed by atoms with Crippen LogP contribution in [0, 0.1) is 5.82 Å². The Morgan fingerprint density at radius 3 is 2.50 bits per heavy atom. The summed E-state index contributed by atoms with van der Waals surface area (Å²) in [5.74, 6) is -3.23. The second-order valence-electron chi connectivity index (χ2n) is 4.03. The molecular weight excluding hydrogens is 267 g/mol. The van der Waals surface area contributed by atoms with Gasteiger partial charge < -0.3 is 15.7 Å². The van der Waals surface area contributed by atoms with Crippen LogP contribution in [0.15, 0.2) is 24.3 Å². The molecule has 6 nitrogen and oxygen atoms in total. The van der Waals surface area contributed by atoms with Gasteiger partial charge in [-0.05, 0) is 18.6 Å². The SMILES string of the molecule is CC[C@@H](NC(=O)CNC(=O)c1ccccc1F)C(=O)O.